The minimum atomic E-state index is -3.92. The van der Waals surface area contributed by atoms with E-state index in [0.717, 1.165) is 0 Å². The number of hydrogen-bond donors (Lipinski definition) is 1. The van der Waals surface area contributed by atoms with Crippen LogP contribution in [0.2, 0.25) is 3.63 Å². The van der Waals surface area contributed by atoms with Crippen molar-refractivity contribution in [2.45, 2.75) is 51.0 Å². The van der Waals surface area contributed by atoms with Gasteiger partial charge in [0.2, 0.25) is 0 Å². The minimum absolute atomic E-state index is 0. The minimum Gasteiger partial charge on any atom is -1.00 e. The van der Waals surface area contributed by atoms with Gasteiger partial charge in [0.05, 0.1) is 0 Å². The van der Waals surface area contributed by atoms with Crippen LogP contribution in [0.15, 0.2) is 121 Å². The molecule has 0 fully saturated rings. The van der Waals surface area contributed by atoms with Crippen LogP contribution in [0.25, 0.3) is 23.3 Å². The number of benzene rings is 4. The Balaban J connectivity index is 0.00000200. The first-order valence-corrected chi connectivity index (χ1v) is 21.1. The third-order valence-corrected chi connectivity index (χ3v) is 23.9. The van der Waals surface area contributed by atoms with Gasteiger partial charge in [-0.25, -0.2) is 0 Å². The Hall–Kier alpha value is -2.74. The summed E-state index contributed by atoms with van der Waals surface area (Å²) in [5.41, 5.74) is 14.1. The summed E-state index contributed by atoms with van der Waals surface area (Å²) in [6, 6.07) is 36.5. The monoisotopic (exact) mass is 707 g/mol. The number of allylic oxidation sites excluding steroid dienone is 6. The molecule has 0 radical (unpaired) electrons. The molecule has 0 amide bonds. The third kappa shape index (κ3) is 5.85. The molecular formula is C41H41Cl2NZr-2. The van der Waals surface area contributed by atoms with E-state index >= 15 is 0 Å². The van der Waals surface area contributed by atoms with Crippen LogP contribution in [-0.2, 0) is 20.6 Å². The standard InChI is InChI=1S/2C16H13.C5H5.C4H10N.2ClH.Zr/c2*1-12-6-2-5-9-16(12)15-10-13-7-3-4-8-14(13)11-15;1-2-4-5-3-1;1-4(2,3)5;;;/h2*2-11H,1H3;1-5H;5H,1-3H3;2*1H;/q;;;-1;;;+1/p-2. The summed E-state index contributed by atoms with van der Waals surface area (Å²) >= 11 is -3.92. The van der Waals surface area contributed by atoms with Crippen LogP contribution in [0.5, 0.6) is 0 Å². The first-order chi connectivity index (χ1) is 20.8. The maximum atomic E-state index is 4.64. The molecule has 7 rings (SSSR count). The van der Waals surface area contributed by atoms with Gasteiger partial charge in [-0.15, -0.1) is 0 Å². The average molecular weight is 710 g/mol. The molecule has 0 aromatic heterocycles. The number of hydrogen-bond acceptors (Lipinski definition) is 1. The molecule has 0 heterocycles. The van der Waals surface area contributed by atoms with E-state index in [1.807, 2.05) is 0 Å². The number of fused-ring (bicyclic) bond motifs is 2. The van der Waals surface area contributed by atoms with Gasteiger partial charge in [0.15, 0.2) is 0 Å². The second-order valence-corrected chi connectivity index (χ2v) is 23.2. The molecule has 1 N–H and O–H groups in total. The quantitative estimate of drug-likeness (QED) is 0.310. The molecule has 0 aliphatic heterocycles. The van der Waals surface area contributed by atoms with Crippen molar-refractivity contribution < 1.29 is 45.4 Å². The van der Waals surface area contributed by atoms with Gasteiger partial charge in [-0.2, -0.15) is 0 Å². The van der Waals surface area contributed by atoms with Crippen LogP contribution in [0.3, 0.4) is 0 Å². The number of rotatable bonds is 6. The van der Waals surface area contributed by atoms with Gasteiger partial charge in [-0.3, -0.25) is 0 Å². The average Bonchev–Trinajstić information content (AvgIpc) is 3.74. The molecule has 0 saturated carbocycles. The number of aryl methyl sites for hydroxylation is 2. The topological polar surface area (TPSA) is 12.0 Å². The van der Waals surface area contributed by atoms with E-state index in [0.29, 0.717) is 10.9 Å². The van der Waals surface area contributed by atoms with Crippen molar-refractivity contribution in [1.29, 1.82) is 0 Å². The molecule has 4 aromatic carbocycles. The normalized spacial score (nSPS) is 19.6. The SMILES string of the molecule is Cc1ccccc1C1=Cc2ccccc2[CH]1[Zr]([NH]C(C)(C)C)([CH]1C=CC=C1)[CH]1C(c2ccccc2C)=Cc2ccccc21.[Cl-].[Cl-]. The molecule has 2 unspecified atom stereocenters. The summed E-state index contributed by atoms with van der Waals surface area (Å²) in [6.07, 6.45) is 14.7. The van der Waals surface area contributed by atoms with Crippen molar-refractivity contribution in [2.24, 2.45) is 0 Å². The fourth-order valence-corrected chi connectivity index (χ4v) is 24.8. The fourth-order valence-electron chi connectivity index (χ4n) is 8.12. The summed E-state index contributed by atoms with van der Waals surface area (Å²) in [4.78, 5) is 0. The summed E-state index contributed by atoms with van der Waals surface area (Å²) < 4.78 is 5.64. The molecule has 0 bridgehead atoms. The molecule has 3 aliphatic carbocycles. The van der Waals surface area contributed by atoms with Gasteiger partial charge in [0, 0.05) is 0 Å². The van der Waals surface area contributed by atoms with Crippen molar-refractivity contribution >= 4 is 23.3 Å². The van der Waals surface area contributed by atoms with Gasteiger partial charge in [-0.05, 0) is 0 Å². The van der Waals surface area contributed by atoms with Crippen LogP contribution in [0.4, 0.5) is 0 Å². The Kier molecular flexibility index (Phi) is 9.84. The van der Waals surface area contributed by atoms with E-state index in [9.17, 15) is 0 Å². The Bertz CT molecular complexity index is 1720. The van der Waals surface area contributed by atoms with E-state index in [2.05, 4.69) is 171 Å². The molecule has 0 spiro atoms. The number of nitrogens with one attached hydrogen (secondary N) is 1. The zero-order valence-corrected chi connectivity index (χ0v) is 30.7. The van der Waals surface area contributed by atoms with E-state index in [1.54, 1.807) is 0 Å². The number of halogens is 2. The van der Waals surface area contributed by atoms with Gasteiger partial charge < -0.3 is 24.8 Å². The van der Waals surface area contributed by atoms with Gasteiger partial charge in [-0.1, -0.05) is 0 Å². The van der Waals surface area contributed by atoms with E-state index in [4.69, 9.17) is 0 Å². The van der Waals surface area contributed by atoms with Crippen molar-refractivity contribution in [2.75, 3.05) is 0 Å². The largest absolute Gasteiger partial charge is 1.00 e. The molecule has 4 aromatic rings. The second-order valence-electron chi connectivity index (χ2n) is 13.6. The van der Waals surface area contributed by atoms with Gasteiger partial charge in [0.25, 0.3) is 0 Å². The summed E-state index contributed by atoms with van der Waals surface area (Å²) in [5, 5.41) is 0. The molecule has 3 aliphatic rings. The predicted octanol–water partition coefficient (Wildman–Crippen LogP) is 4.57. The smallest absolute Gasteiger partial charge is 1.00 e. The van der Waals surface area contributed by atoms with Gasteiger partial charge >= 0.3 is 264 Å². The molecule has 45 heavy (non-hydrogen) atoms. The van der Waals surface area contributed by atoms with Crippen molar-refractivity contribution in [3.8, 4) is 0 Å². The van der Waals surface area contributed by atoms with Crippen LogP contribution in [0, 0.1) is 13.8 Å². The second kappa shape index (κ2) is 13.2. The maximum Gasteiger partial charge on any atom is -1.00 e. The van der Waals surface area contributed by atoms with Crippen LogP contribution < -0.4 is 28.1 Å². The Morgan fingerprint density at radius 1 is 0.556 bits per heavy atom. The van der Waals surface area contributed by atoms with E-state index in [1.165, 1.54) is 55.7 Å². The fraction of sp³-hybridized carbons (Fsp3) is 0.220. The summed E-state index contributed by atoms with van der Waals surface area (Å²) in [7, 11) is 0. The maximum absolute atomic E-state index is 4.64. The summed E-state index contributed by atoms with van der Waals surface area (Å²) in [6.45, 7) is 11.7. The molecule has 0 saturated heterocycles. The van der Waals surface area contributed by atoms with Crippen molar-refractivity contribution in [3.05, 3.63) is 166 Å². The molecule has 4 heteroatoms. The molecule has 1 nitrogen and oxygen atoms in total. The third-order valence-electron chi connectivity index (χ3n) is 9.62. The van der Waals surface area contributed by atoms with Gasteiger partial charge in [0.1, 0.15) is 0 Å². The zero-order chi connectivity index (χ0) is 29.8. The summed E-state index contributed by atoms with van der Waals surface area (Å²) in [5.74, 6) is 0. The van der Waals surface area contributed by atoms with Crippen LogP contribution >= 0.6 is 0 Å². The Labute approximate surface area is 286 Å². The first kappa shape index (κ1) is 33.6. The van der Waals surface area contributed by atoms with E-state index < -0.39 is 20.6 Å². The molecule has 2 atom stereocenters. The van der Waals surface area contributed by atoms with Crippen LogP contribution in [0.1, 0.15) is 72.5 Å². The Morgan fingerprint density at radius 2 is 0.956 bits per heavy atom. The van der Waals surface area contributed by atoms with Crippen molar-refractivity contribution in [1.82, 2.24) is 3.26 Å². The van der Waals surface area contributed by atoms with E-state index in [-0.39, 0.29) is 30.4 Å². The molecular weight excluding hydrogens is 669 g/mol. The first-order valence-electron chi connectivity index (χ1n) is 15.7. The Morgan fingerprint density at radius 3 is 1.38 bits per heavy atom. The van der Waals surface area contributed by atoms with Crippen LogP contribution in [-0.4, -0.2) is 5.54 Å². The van der Waals surface area contributed by atoms with Crippen molar-refractivity contribution in [3.63, 3.8) is 0 Å². The zero-order valence-electron chi connectivity index (χ0n) is 26.7. The molecule has 230 valence electrons. The predicted molar refractivity (Wildman–Crippen MR) is 181 cm³/mol.